The number of aromatic carboxylic acids is 1. The fourth-order valence-electron chi connectivity index (χ4n) is 3.41. The van der Waals surface area contributed by atoms with Crippen molar-refractivity contribution in [2.45, 2.75) is 12.8 Å². The van der Waals surface area contributed by atoms with Crippen LogP contribution in [0.25, 0.3) is 26.5 Å². The molecule has 0 aliphatic heterocycles. The molecule has 0 atom stereocenters. The molecule has 0 unspecified atom stereocenters. The molecule has 7 heteroatoms. The van der Waals surface area contributed by atoms with Gasteiger partial charge in [-0.15, -0.1) is 0 Å². The molecule has 2 heterocycles. The Bertz CT molecular complexity index is 1190. The standard InChI is InChI=1S/C19H13N3O3S/c23-17-16-12-4-2-1-3-10(12)5-8-14(16)21-22(17)19-20-13-7-6-11(18(24)25)9-15(13)26-19/h1-4,6-7,9,23H,5,8H2,(H,24,25). The molecule has 1 aliphatic rings. The van der Waals surface area contributed by atoms with E-state index in [0.717, 1.165) is 34.4 Å². The third-order valence-electron chi connectivity index (χ3n) is 4.66. The van der Waals surface area contributed by atoms with Crippen molar-refractivity contribution >= 4 is 27.5 Å². The minimum Gasteiger partial charge on any atom is -0.493 e. The Morgan fingerprint density at radius 2 is 2.00 bits per heavy atom. The van der Waals surface area contributed by atoms with Gasteiger partial charge in [0.15, 0.2) is 0 Å². The second-order valence-corrected chi connectivity index (χ2v) is 7.21. The number of aromatic hydroxyl groups is 1. The zero-order valence-electron chi connectivity index (χ0n) is 13.5. The van der Waals surface area contributed by atoms with E-state index in [2.05, 4.69) is 16.1 Å². The lowest BCUT2D eigenvalue weighted by molar-refractivity contribution is 0.0697. The highest BCUT2D eigenvalue weighted by atomic mass is 32.1. The number of fused-ring (bicyclic) bond motifs is 4. The number of aromatic nitrogens is 3. The first-order valence-electron chi connectivity index (χ1n) is 8.15. The van der Waals surface area contributed by atoms with E-state index >= 15 is 0 Å². The molecule has 0 saturated carbocycles. The summed E-state index contributed by atoms with van der Waals surface area (Å²) in [5.74, 6) is -0.902. The van der Waals surface area contributed by atoms with Crippen LogP contribution in [0.2, 0.25) is 0 Å². The van der Waals surface area contributed by atoms with Crippen molar-refractivity contribution in [3.05, 3.63) is 59.3 Å². The maximum atomic E-state index is 11.2. The average molecular weight is 363 g/mol. The highest BCUT2D eigenvalue weighted by Gasteiger charge is 2.26. The van der Waals surface area contributed by atoms with Gasteiger partial charge in [0.1, 0.15) is 0 Å². The van der Waals surface area contributed by atoms with Gasteiger partial charge in [-0.2, -0.15) is 9.78 Å². The van der Waals surface area contributed by atoms with E-state index in [0.29, 0.717) is 10.6 Å². The summed E-state index contributed by atoms with van der Waals surface area (Å²) in [6.45, 7) is 0. The summed E-state index contributed by atoms with van der Waals surface area (Å²) in [5, 5.41) is 25.0. The van der Waals surface area contributed by atoms with E-state index in [-0.39, 0.29) is 11.4 Å². The highest BCUT2D eigenvalue weighted by molar-refractivity contribution is 7.20. The van der Waals surface area contributed by atoms with Gasteiger partial charge < -0.3 is 10.2 Å². The van der Waals surface area contributed by atoms with Gasteiger partial charge in [0.25, 0.3) is 0 Å². The van der Waals surface area contributed by atoms with Crippen molar-refractivity contribution in [2.24, 2.45) is 0 Å². The number of aryl methyl sites for hydroxylation is 2. The number of benzene rings is 2. The maximum absolute atomic E-state index is 11.2. The Labute approximate surface area is 152 Å². The number of thiazole rings is 1. The second-order valence-electron chi connectivity index (χ2n) is 6.20. The van der Waals surface area contributed by atoms with Crippen molar-refractivity contribution in [1.82, 2.24) is 14.8 Å². The Kier molecular flexibility index (Phi) is 3.14. The number of carboxylic acid groups (broad SMARTS) is 1. The fourth-order valence-corrected chi connectivity index (χ4v) is 4.37. The normalized spacial score (nSPS) is 12.8. The van der Waals surface area contributed by atoms with E-state index in [1.165, 1.54) is 27.6 Å². The number of hydrogen-bond acceptors (Lipinski definition) is 5. The van der Waals surface area contributed by atoms with Crippen molar-refractivity contribution in [3.8, 4) is 22.1 Å². The van der Waals surface area contributed by atoms with Crippen LogP contribution in [0.3, 0.4) is 0 Å². The summed E-state index contributed by atoms with van der Waals surface area (Å²) < 4.78 is 2.20. The highest BCUT2D eigenvalue weighted by Crippen LogP contribution is 2.41. The smallest absolute Gasteiger partial charge is 0.335 e. The van der Waals surface area contributed by atoms with Crippen LogP contribution in [0.4, 0.5) is 0 Å². The lowest BCUT2D eigenvalue weighted by Crippen LogP contribution is -2.02. The van der Waals surface area contributed by atoms with E-state index in [9.17, 15) is 9.90 Å². The quantitative estimate of drug-likeness (QED) is 0.567. The molecule has 2 N–H and O–H groups in total. The van der Waals surface area contributed by atoms with Crippen LogP contribution in [0, 0.1) is 0 Å². The number of nitrogens with zero attached hydrogens (tertiary/aromatic N) is 3. The second kappa shape index (κ2) is 5.40. The Hall–Kier alpha value is -3.19. The van der Waals surface area contributed by atoms with Crippen LogP contribution in [0.15, 0.2) is 42.5 Å². The summed E-state index contributed by atoms with van der Waals surface area (Å²) >= 11 is 1.31. The van der Waals surface area contributed by atoms with Gasteiger partial charge in [-0.3, -0.25) is 0 Å². The van der Waals surface area contributed by atoms with Crippen LogP contribution < -0.4 is 0 Å². The summed E-state index contributed by atoms with van der Waals surface area (Å²) in [6, 6.07) is 12.8. The molecular formula is C19H13N3O3S. The van der Waals surface area contributed by atoms with Gasteiger partial charge >= 0.3 is 5.97 Å². The molecule has 0 radical (unpaired) electrons. The van der Waals surface area contributed by atoms with Crippen LogP contribution in [0.1, 0.15) is 21.6 Å². The molecule has 2 aromatic carbocycles. The van der Waals surface area contributed by atoms with Gasteiger partial charge in [0, 0.05) is 0 Å². The third kappa shape index (κ3) is 2.14. The van der Waals surface area contributed by atoms with Gasteiger partial charge in [-0.1, -0.05) is 35.6 Å². The molecule has 0 bridgehead atoms. The van der Waals surface area contributed by atoms with Crippen LogP contribution in [-0.2, 0) is 12.8 Å². The summed E-state index contributed by atoms with van der Waals surface area (Å²) in [5.41, 5.74) is 4.72. The van der Waals surface area contributed by atoms with E-state index < -0.39 is 5.97 Å². The SMILES string of the molecule is O=C(O)c1ccc2nc(-n3nc4c(c3O)-c3ccccc3CC4)sc2c1. The number of rotatable bonds is 2. The van der Waals surface area contributed by atoms with E-state index in [1.54, 1.807) is 12.1 Å². The number of hydrogen-bond donors (Lipinski definition) is 2. The predicted octanol–water partition coefficient (Wildman–Crippen LogP) is 3.65. The third-order valence-corrected chi connectivity index (χ3v) is 5.65. The monoisotopic (exact) mass is 363 g/mol. The van der Waals surface area contributed by atoms with Gasteiger partial charge in [0.05, 0.1) is 27.0 Å². The Morgan fingerprint density at radius 3 is 2.85 bits per heavy atom. The molecule has 0 amide bonds. The zero-order valence-corrected chi connectivity index (χ0v) is 14.3. The summed E-state index contributed by atoms with van der Waals surface area (Å²) in [4.78, 5) is 15.7. The largest absolute Gasteiger partial charge is 0.493 e. The van der Waals surface area contributed by atoms with Crippen LogP contribution in [-0.4, -0.2) is 30.9 Å². The number of carbonyl (C=O) groups is 1. The zero-order chi connectivity index (χ0) is 17.8. The molecule has 6 nitrogen and oxygen atoms in total. The molecule has 1 aliphatic carbocycles. The van der Waals surface area contributed by atoms with Gasteiger partial charge in [-0.25, -0.2) is 9.78 Å². The van der Waals surface area contributed by atoms with Gasteiger partial charge in [0.2, 0.25) is 11.0 Å². The van der Waals surface area contributed by atoms with E-state index in [1.807, 2.05) is 18.2 Å². The first-order chi connectivity index (χ1) is 12.6. The van der Waals surface area contributed by atoms with Crippen molar-refractivity contribution < 1.29 is 15.0 Å². The first kappa shape index (κ1) is 15.1. The molecule has 0 fully saturated rings. The van der Waals surface area contributed by atoms with Crippen molar-refractivity contribution in [1.29, 1.82) is 0 Å². The van der Waals surface area contributed by atoms with Crippen LogP contribution >= 0.6 is 11.3 Å². The van der Waals surface area contributed by atoms with Crippen molar-refractivity contribution in [2.75, 3.05) is 0 Å². The minimum absolute atomic E-state index is 0.0738. The van der Waals surface area contributed by atoms with Crippen LogP contribution in [0.5, 0.6) is 5.88 Å². The molecule has 2 aromatic heterocycles. The van der Waals surface area contributed by atoms with Gasteiger partial charge in [-0.05, 0) is 42.2 Å². The molecule has 0 spiro atoms. The predicted molar refractivity (Wildman–Crippen MR) is 98.2 cm³/mol. The summed E-state index contributed by atoms with van der Waals surface area (Å²) in [6.07, 6.45) is 1.66. The molecule has 4 aromatic rings. The Balaban J connectivity index is 1.68. The molecular weight excluding hydrogens is 350 g/mol. The maximum Gasteiger partial charge on any atom is 0.335 e. The first-order valence-corrected chi connectivity index (χ1v) is 8.97. The fraction of sp³-hybridized carbons (Fsp3) is 0.105. The Morgan fingerprint density at radius 1 is 1.15 bits per heavy atom. The number of carboxylic acids is 1. The minimum atomic E-state index is -0.976. The molecule has 5 rings (SSSR count). The lowest BCUT2D eigenvalue weighted by Gasteiger charge is -2.14. The topological polar surface area (TPSA) is 88.2 Å². The van der Waals surface area contributed by atoms with Crippen molar-refractivity contribution in [3.63, 3.8) is 0 Å². The molecule has 26 heavy (non-hydrogen) atoms. The van der Waals surface area contributed by atoms with E-state index in [4.69, 9.17) is 5.11 Å². The average Bonchev–Trinajstić information content (AvgIpc) is 3.22. The molecule has 0 saturated heterocycles. The summed E-state index contributed by atoms with van der Waals surface area (Å²) in [7, 11) is 0. The lowest BCUT2D eigenvalue weighted by atomic mass is 9.90. The molecule has 128 valence electrons.